The van der Waals surface area contributed by atoms with Gasteiger partial charge in [0.05, 0.1) is 12.6 Å². The average molecular weight is 439 g/mol. The Hall–Kier alpha value is -2.86. The average Bonchev–Trinajstić information content (AvgIpc) is 3.15. The number of methoxy groups -OCH3 is 1. The third-order valence-corrected chi connectivity index (χ3v) is 6.56. The standard InChI is InChI=1S/C26H31FN2O3/c1-3-4-11-29-17-23(21-7-6-20(27)15-24(21)29)19-9-12-28(13-10-19)16-18-5-8-25(32-2)22(14-18)26(30)31/h5-8,14-15,17,19H,3-4,9-13,16H2,1-2H3,(H,30,31). The number of piperidine rings is 1. The molecule has 6 heteroatoms. The second-order valence-corrected chi connectivity index (χ2v) is 8.68. The highest BCUT2D eigenvalue weighted by molar-refractivity contribution is 5.91. The van der Waals surface area contributed by atoms with E-state index in [1.54, 1.807) is 24.3 Å². The fourth-order valence-corrected chi connectivity index (χ4v) is 4.81. The number of halogens is 1. The van der Waals surface area contributed by atoms with Crippen molar-refractivity contribution in [3.8, 4) is 5.75 Å². The molecule has 0 bridgehead atoms. The van der Waals surface area contributed by atoms with Gasteiger partial charge in [-0.05, 0) is 79.7 Å². The van der Waals surface area contributed by atoms with E-state index in [0.29, 0.717) is 11.7 Å². The van der Waals surface area contributed by atoms with Crippen LogP contribution >= 0.6 is 0 Å². The second kappa shape index (κ2) is 9.74. The van der Waals surface area contributed by atoms with E-state index in [-0.39, 0.29) is 11.4 Å². The number of fused-ring (bicyclic) bond motifs is 1. The Morgan fingerprint density at radius 1 is 1.19 bits per heavy atom. The first kappa shape index (κ1) is 22.3. The molecule has 0 radical (unpaired) electrons. The molecule has 0 unspecified atom stereocenters. The third kappa shape index (κ3) is 4.65. The molecule has 2 aromatic carbocycles. The molecule has 1 aromatic heterocycles. The molecule has 0 atom stereocenters. The first-order valence-corrected chi connectivity index (χ1v) is 11.4. The summed E-state index contributed by atoms with van der Waals surface area (Å²) in [5.41, 5.74) is 3.50. The van der Waals surface area contributed by atoms with E-state index >= 15 is 0 Å². The molecule has 1 aliphatic rings. The third-order valence-electron chi connectivity index (χ3n) is 6.56. The van der Waals surface area contributed by atoms with Crippen molar-refractivity contribution >= 4 is 16.9 Å². The minimum absolute atomic E-state index is 0.185. The number of hydrogen-bond acceptors (Lipinski definition) is 3. The van der Waals surface area contributed by atoms with Crippen molar-refractivity contribution in [1.82, 2.24) is 9.47 Å². The van der Waals surface area contributed by atoms with Gasteiger partial charge in [-0.25, -0.2) is 9.18 Å². The van der Waals surface area contributed by atoms with Gasteiger partial charge in [0.1, 0.15) is 17.1 Å². The molecule has 1 N–H and O–H groups in total. The van der Waals surface area contributed by atoms with Gasteiger partial charge in [0.15, 0.2) is 0 Å². The van der Waals surface area contributed by atoms with Crippen LogP contribution in [0, 0.1) is 5.82 Å². The van der Waals surface area contributed by atoms with Crippen molar-refractivity contribution in [1.29, 1.82) is 0 Å². The molecule has 170 valence electrons. The summed E-state index contributed by atoms with van der Waals surface area (Å²) in [5.74, 6) is -0.323. The zero-order chi connectivity index (χ0) is 22.7. The van der Waals surface area contributed by atoms with Gasteiger partial charge < -0.3 is 14.4 Å². The number of aromatic carboxylic acids is 1. The van der Waals surface area contributed by atoms with E-state index in [1.807, 2.05) is 12.1 Å². The lowest BCUT2D eigenvalue weighted by Gasteiger charge is -2.32. The Labute approximate surface area is 188 Å². The van der Waals surface area contributed by atoms with Crippen LogP contribution in [0.3, 0.4) is 0 Å². The molecule has 0 spiro atoms. The van der Waals surface area contributed by atoms with Crippen LogP contribution in [0.15, 0.2) is 42.6 Å². The van der Waals surface area contributed by atoms with Gasteiger partial charge in [-0.1, -0.05) is 19.4 Å². The summed E-state index contributed by atoms with van der Waals surface area (Å²) >= 11 is 0. The summed E-state index contributed by atoms with van der Waals surface area (Å²) in [6, 6.07) is 10.5. The Morgan fingerprint density at radius 2 is 1.97 bits per heavy atom. The van der Waals surface area contributed by atoms with Gasteiger partial charge in [-0.15, -0.1) is 0 Å². The van der Waals surface area contributed by atoms with Crippen LogP contribution < -0.4 is 4.74 Å². The highest BCUT2D eigenvalue weighted by atomic mass is 19.1. The molecule has 2 heterocycles. The maximum absolute atomic E-state index is 13.9. The molecule has 0 saturated carbocycles. The van der Waals surface area contributed by atoms with Crippen LogP contribution in [0.25, 0.3) is 10.9 Å². The number of aromatic nitrogens is 1. The summed E-state index contributed by atoms with van der Waals surface area (Å²) in [5, 5.41) is 10.6. The smallest absolute Gasteiger partial charge is 0.339 e. The minimum atomic E-state index is -0.974. The maximum atomic E-state index is 13.9. The number of benzene rings is 2. The van der Waals surface area contributed by atoms with Crippen LogP contribution in [0.1, 0.15) is 60.0 Å². The number of hydrogen-bond donors (Lipinski definition) is 1. The lowest BCUT2D eigenvalue weighted by atomic mass is 9.89. The largest absolute Gasteiger partial charge is 0.496 e. The molecule has 1 aliphatic heterocycles. The lowest BCUT2D eigenvalue weighted by molar-refractivity contribution is 0.0693. The molecule has 0 aliphatic carbocycles. The number of carboxylic acid groups (broad SMARTS) is 1. The first-order chi connectivity index (χ1) is 15.5. The predicted molar refractivity (Wildman–Crippen MR) is 124 cm³/mol. The summed E-state index contributed by atoms with van der Waals surface area (Å²) in [6.07, 6.45) is 6.50. The van der Waals surface area contributed by atoms with Gasteiger partial charge in [-0.2, -0.15) is 0 Å². The van der Waals surface area contributed by atoms with E-state index < -0.39 is 5.97 Å². The summed E-state index contributed by atoms with van der Waals surface area (Å²) in [4.78, 5) is 13.9. The van der Waals surface area contributed by atoms with Crippen LogP contribution in [-0.4, -0.2) is 40.7 Å². The number of ether oxygens (including phenoxy) is 1. The molecular weight excluding hydrogens is 407 g/mol. The van der Waals surface area contributed by atoms with Gasteiger partial charge in [0.25, 0.3) is 0 Å². The molecule has 1 saturated heterocycles. The topological polar surface area (TPSA) is 54.7 Å². The molecule has 5 nitrogen and oxygen atoms in total. The van der Waals surface area contributed by atoms with Crippen molar-refractivity contribution in [3.63, 3.8) is 0 Å². The van der Waals surface area contributed by atoms with E-state index in [2.05, 4.69) is 22.6 Å². The van der Waals surface area contributed by atoms with Crippen LogP contribution in [0.5, 0.6) is 5.75 Å². The quantitative estimate of drug-likeness (QED) is 0.493. The van der Waals surface area contributed by atoms with Crippen molar-refractivity contribution in [2.24, 2.45) is 0 Å². The Morgan fingerprint density at radius 3 is 2.66 bits per heavy atom. The maximum Gasteiger partial charge on any atom is 0.339 e. The zero-order valence-corrected chi connectivity index (χ0v) is 18.8. The number of aryl methyl sites for hydroxylation is 1. The molecule has 0 amide bonds. The van der Waals surface area contributed by atoms with Crippen molar-refractivity contribution in [2.45, 2.75) is 51.6 Å². The van der Waals surface area contributed by atoms with E-state index in [1.165, 1.54) is 18.1 Å². The van der Waals surface area contributed by atoms with Crippen molar-refractivity contribution < 1.29 is 19.0 Å². The van der Waals surface area contributed by atoms with Crippen molar-refractivity contribution in [3.05, 3.63) is 65.1 Å². The van der Waals surface area contributed by atoms with Gasteiger partial charge in [-0.3, -0.25) is 4.90 Å². The van der Waals surface area contributed by atoms with Gasteiger partial charge in [0, 0.05) is 24.7 Å². The Balaban J connectivity index is 1.47. The number of rotatable bonds is 8. The first-order valence-electron chi connectivity index (χ1n) is 11.4. The number of carboxylic acids is 1. The van der Waals surface area contributed by atoms with Crippen molar-refractivity contribution in [2.75, 3.05) is 20.2 Å². The molecule has 1 fully saturated rings. The van der Waals surface area contributed by atoms with Crippen LogP contribution in [0.4, 0.5) is 4.39 Å². The molecule has 4 rings (SSSR count). The number of likely N-dealkylation sites (tertiary alicyclic amines) is 1. The highest BCUT2D eigenvalue weighted by Crippen LogP contribution is 2.35. The zero-order valence-electron chi connectivity index (χ0n) is 18.8. The Kier molecular flexibility index (Phi) is 6.80. The summed E-state index contributed by atoms with van der Waals surface area (Å²) in [6.45, 7) is 5.70. The second-order valence-electron chi connectivity index (χ2n) is 8.68. The normalized spacial score (nSPS) is 15.3. The van der Waals surface area contributed by atoms with Crippen LogP contribution in [0.2, 0.25) is 0 Å². The summed E-state index contributed by atoms with van der Waals surface area (Å²) in [7, 11) is 1.49. The fourth-order valence-electron chi connectivity index (χ4n) is 4.81. The van der Waals surface area contributed by atoms with Crippen LogP contribution in [-0.2, 0) is 13.1 Å². The fraction of sp³-hybridized carbons (Fsp3) is 0.423. The number of carbonyl (C=O) groups is 1. The molecule has 3 aromatic rings. The molecular formula is C26H31FN2O3. The predicted octanol–water partition coefficient (Wildman–Crippen LogP) is 5.67. The van der Waals surface area contributed by atoms with Gasteiger partial charge in [0.2, 0.25) is 0 Å². The summed E-state index contributed by atoms with van der Waals surface area (Å²) < 4.78 is 21.3. The molecule has 32 heavy (non-hydrogen) atoms. The van der Waals surface area contributed by atoms with E-state index in [4.69, 9.17) is 4.74 Å². The monoisotopic (exact) mass is 438 g/mol. The lowest BCUT2D eigenvalue weighted by Crippen LogP contribution is -2.32. The highest BCUT2D eigenvalue weighted by Gasteiger charge is 2.24. The Bertz CT molecular complexity index is 1100. The van der Waals surface area contributed by atoms with E-state index in [0.717, 1.165) is 62.9 Å². The number of nitrogens with zero attached hydrogens (tertiary/aromatic N) is 2. The van der Waals surface area contributed by atoms with Gasteiger partial charge >= 0.3 is 5.97 Å². The van der Waals surface area contributed by atoms with E-state index in [9.17, 15) is 14.3 Å². The minimum Gasteiger partial charge on any atom is -0.496 e. The number of unbranched alkanes of at least 4 members (excludes halogenated alkanes) is 1. The SMILES string of the molecule is CCCCn1cc(C2CCN(Cc3ccc(OC)c(C(=O)O)c3)CC2)c2ccc(F)cc21.